The Morgan fingerprint density at radius 2 is 2.04 bits per heavy atom. The van der Waals surface area contributed by atoms with Crippen LogP contribution < -0.4 is 5.32 Å². The smallest absolute Gasteiger partial charge is 0.341 e. The van der Waals surface area contributed by atoms with Crippen LogP contribution in [-0.4, -0.2) is 30.0 Å². The van der Waals surface area contributed by atoms with Crippen LogP contribution in [0, 0.1) is 13.8 Å². The van der Waals surface area contributed by atoms with Gasteiger partial charge in [-0.2, -0.15) is 0 Å². The molecule has 2 rings (SSSR count). The van der Waals surface area contributed by atoms with E-state index in [0.717, 1.165) is 22.4 Å². The summed E-state index contributed by atoms with van der Waals surface area (Å²) < 4.78 is 5.11. The molecule has 1 aromatic carbocycles. The van der Waals surface area contributed by atoms with Crippen LogP contribution in [0.5, 0.6) is 0 Å². The van der Waals surface area contributed by atoms with Gasteiger partial charge >= 0.3 is 5.97 Å². The predicted molar refractivity (Wildman–Crippen MR) is 97.9 cm³/mol. The number of rotatable bonds is 7. The number of ether oxygens (including phenoxy) is 1. The van der Waals surface area contributed by atoms with Gasteiger partial charge in [0.05, 0.1) is 5.56 Å². The summed E-state index contributed by atoms with van der Waals surface area (Å²) in [4.78, 5) is 29.3. The van der Waals surface area contributed by atoms with E-state index in [1.807, 2.05) is 32.9 Å². The van der Waals surface area contributed by atoms with E-state index in [0.29, 0.717) is 17.1 Å². The first-order chi connectivity index (χ1) is 12.0. The Balaban J connectivity index is 2.10. The average molecular weight is 358 g/mol. The van der Waals surface area contributed by atoms with E-state index >= 15 is 0 Å². The molecule has 0 bridgehead atoms. The van der Waals surface area contributed by atoms with Gasteiger partial charge < -0.3 is 10.1 Å². The van der Waals surface area contributed by atoms with E-state index in [9.17, 15) is 9.59 Å². The Hall–Kier alpha value is -2.34. The minimum atomic E-state index is -0.549. The molecule has 6 heteroatoms. The summed E-state index contributed by atoms with van der Waals surface area (Å²) in [6.07, 6.45) is 2.47. The molecule has 0 spiro atoms. The van der Waals surface area contributed by atoms with Crippen molar-refractivity contribution in [1.82, 2.24) is 10.3 Å². The Bertz CT molecular complexity index is 762. The quantitative estimate of drug-likeness (QED) is 0.767. The van der Waals surface area contributed by atoms with Crippen molar-refractivity contribution in [2.24, 2.45) is 0 Å². The molecule has 0 atom stereocenters. The summed E-state index contributed by atoms with van der Waals surface area (Å²) in [6.45, 7) is 6.27. The summed E-state index contributed by atoms with van der Waals surface area (Å²) in [5.41, 5.74) is 2.61. The largest absolute Gasteiger partial charge is 0.452 e. The predicted octanol–water partition coefficient (Wildman–Crippen LogP) is 3.53. The first kappa shape index (κ1) is 19.0. The Morgan fingerprint density at radius 3 is 2.80 bits per heavy atom. The molecule has 0 unspecified atom stereocenters. The van der Waals surface area contributed by atoms with E-state index < -0.39 is 5.97 Å². The molecule has 0 aliphatic rings. The molecule has 1 heterocycles. The minimum absolute atomic E-state index is 0.290. The highest BCUT2D eigenvalue weighted by molar-refractivity contribution is 7.99. The number of hydrogen-bond acceptors (Lipinski definition) is 5. The number of carbonyl (C=O) groups excluding carboxylic acids is 2. The first-order valence-corrected chi connectivity index (χ1v) is 8.97. The number of nitrogens with one attached hydrogen (secondary N) is 1. The van der Waals surface area contributed by atoms with Crippen molar-refractivity contribution in [2.75, 3.05) is 13.2 Å². The molecular weight excluding hydrogens is 336 g/mol. The van der Waals surface area contributed by atoms with Crippen LogP contribution in [0.15, 0.2) is 46.5 Å². The highest BCUT2D eigenvalue weighted by Crippen LogP contribution is 2.32. The fraction of sp³-hybridized carbons (Fsp3) is 0.316. The van der Waals surface area contributed by atoms with Crippen LogP contribution in [0.4, 0.5) is 0 Å². The lowest BCUT2D eigenvalue weighted by Gasteiger charge is -2.10. The molecule has 0 aliphatic carbocycles. The molecule has 0 radical (unpaired) electrons. The van der Waals surface area contributed by atoms with Gasteiger partial charge in [0.2, 0.25) is 0 Å². The van der Waals surface area contributed by atoms with Crippen molar-refractivity contribution >= 4 is 23.6 Å². The fourth-order valence-corrected chi connectivity index (χ4v) is 3.13. The van der Waals surface area contributed by atoms with Crippen LogP contribution in [0.3, 0.4) is 0 Å². The number of benzene rings is 1. The number of pyridine rings is 1. The number of aromatic nitrogens is 1. The zero-order chi connectivity index (χ0) is 18.2. The molecule has 0 saturated heterocycles. The van der Waals surface area contributed by atoms with Crippen LogP contribution in [0.1, 0.15) is 34.8 Å². The van der Waals surface area contributed by atoms with Crippen LogP contribution in [0.25, 0.3) is 0 Å². The summed E-state index contributed by atoms with van der Waals surface area (Å²) >= 11 is 1.42. The lowest BCUT2D eigenvalue weighted by molar-refractivity contribution is -0.124. The first-order valence-electron chi connectivity index (χ1n) is 8.15. The number of nitrogens with zero attached hydrogens (tertiary/aromatic N) is 1. The maximum atomic E-state index is 12.3. The van der Waals surface area contributed by atoms with Gasteiger partial charge in [-0.25, -0.2) is 9.78 Å². The summed E-state index contributed by atoms with van der Waals surface area (Å²) in [5, 5.41) is 3.24. The van der Waals surface area contributed by atoms with Gasteiger partial charge in [0, 0.05) is 17.6 Å². The number of carbonyl (C=O) groups is 2. The number of aryl methyl sites for hydroxylation is 2. The lowest BCUT2D eigenvalue weighted by Crippen LogP contribution is -2.29. The molecule has 1 N–H and O–H groups in total. The maximum Gasteiger partial charge on any atom is 0.341 e. The summed E-state index contributed by atoms with van der Waals surface area (Å²) in [7, 11) is 0. The third-order valence-corrected chi connectivity index (χ3v) is 4.63. The van der Waals surface area contributed by atoms with Crippen LogP contribution in [0.2, 0.25) is 0 Å². The zero-order valence-corrected chi connectivity index (χ0v) is 15.5. The van der Waals surface area contributed by atoms with Gasteiger partial charge in [0.15, 0.2) is 6.61 Å². The van der Waals surface area contributed by atoms with Crippen molar-refractivity contribution in [3.05, 3.63) is 53.2 Å². The molecule has 5 nitrogen and oxygen atoms in total. The van der Waals surface area contributed by atoms with Gasteiger partial charge in [-0.15, -0.1) is 0 Å². The standard InChI is InChI=1S/C19H22N2O3S/c1-4-9-20-17(22)12-24-19(23)15-6-5-10-21-18(15)25-16-11-13(2)7-8-14(16)3/h5-8,10-11H,4,9,12H2,1-3H3,(H,20,22). The van der Waals surface area contributed by atoms with Gasteiger partial charge in [-0.05, 0) is 49.6 Å². The number of amides is 1. The molecule has 0 aliphatic heterocycles. The third-order valence-electron chi connectivity index (χ3n) is 3.45. The zero-order valence-electron chi connectivity index (χ0n) is 14.7. The van der Waals surface area contributed by atoms with Crippen molar-refractivity contribution in [1.29, 1.82) is 0 Å². The highest BCUT2D eigenvalue weighted by Gasteiger charge is 2.17. The molecule has 1 amide bonds. The Morgan fingerprint density at radius 1 is 1.24 bits per heavy atom. The van der Waals surface area contributed by atoms with Gasteiger partial charge in [0.25, 0.3) is 5.91 Å². The van der Waals surface area contributed by atoms with Crippen LogP contribution in [-0.2, 0) is 9.53 Å². The monoisotopic (exact) mass is 358 g/mol. The third kappa shape index (κ3) is 5.60. The van der Waals surface area contributed by atoms with Crippen molar-refractivity contribution in [3.63, 3.8) is 0 Å². The second-order valence-electron chi connectivity index (χ2n) is 5.65. The van der Waals surface area contributed by atoms with Crippen molar-refractivity contribution in [2.45, 2.75) is 37.1 Å². The summed E-state index contributed by atoms with van der Waals surface area (Å²) in [6, 6.07) is 9.48. The fourth-order valence-electron chi connectivity index (χ4n) is 2.07. The van der Waals surface area contributed by atoms with Gasteiger partial charge in [-0.1, -0.05) is 30.8 Å². The second-order valence-corrected chi connectivity index (χ2v) is 6.68. The maximum absolute atomic E-state index is 12.3. The van der Waals surface area contributed by atoms with E-state index in [-0.39, 0.29) is 12.5 Å². The van der Waals surface area contributed by atoms with E-state index in [4.69, 9.17) is 4.74 Å². The topological polar surface area (TPSA) is 68.3 Å². The lowest BCUT2D eigenvalue weighted by atomic mass is 10.2. The SMILES string of the molecule is CCCNC(=O)COC(=O)c1cccnc1Sc1cc(C)ccc1C. The van der Waals surface area contributed by atoms with Crippen LogP contribution >= 0.6 is 11.8 Å². The van der Waals surface area contributed by atoms with E-state index in [1.165, 1.54) is 11.8 Å². The molecule has 0 fully saturated rings. The van der Waals surface area contributed by atoms with E-state index in [1.54, 1.807) is 18.3 Å². The number of esters is 1. The normalized spacial score (nSPS) is 10.4. The average Bonchev–Trinajstić information content (AvgIpc) is 2.61. The molecular formula is C19H22N2O3S. The Labute approximate surface area is 152 Å². The Kier molecular flexibility index (Phi) is 7.01. The second kappa shape index (κ2) is 9.22. The molecule has 132 valence electrons. The molecule has 1 aromatic heterocycles. The minimum Gasteiger partial charge on any atom is -0.452 e. The summed E-state index contributed by atoms with van der Waals surface area (Å²) in [5.74, 6) is -0.852. The molecule has 25 heavy (non-hydrogen) atoms. The van der Waals surface area contributed by atoms with E-state index in [2.05, 4.69) is 16.4 Å². The van der Waals surface area contributed by atoms with Gasteiger partial charge in [-0.3, -0.25) is 4.79 Å². The van der Waals surface area contributed by atoms with Crippen molar-refractivity contribution < 1.29 is 14.3 Å². The number of hydrogen-bond donors (Lipinski definition) is 1. The molecule has 0 saturated carbocycles. The van der Waals surface area contributed by atoms with Gasteiger partial charge in [0.1, 0.15) is 5.03 Å². The highest BCUT2D eigenvalue weighted by atomic mass is 32.2. The molecule has 2 aromatic rings. The van der Waals surface area contributed by atoms with Crippen molar-refractivity contribution in [3.8, 4) is 0 Å².